The van der Waals surface area contributed by atoms with Crippen molar-refractivity contribution in [1.82, 2.24) is 9.80 Å². The van der Waals surface area contributed by atoms with E-state index in [2.05, 4.69) is 16.8 Å². The number of fused-ring (bicyclic) bond motifs is 1. The molecule has 0 amide bonds. The van der Waals surface area contributed by atoms with Gasteiger partial charge in [-0.3, -0.25) is 4.90 Å². The van der Waals surface area contributed by atoms with Gasteiger partial charge >= 0.3 is 6.18 Å². The molecule has 2 saturated heterocycles. The zero-order chi connectivity index (χ0) is 15.2. The fourth-order valence-electron chi connectivity index (χ4n) is 3.69. The van der Waals surface area contributed by atoms with Crippen LogP contribution < -0.4 is 5.73 Å². The van der Waals surface area contributed by atoms with Crippen LogP contribution in [0.5, 0.6) is 0 Å². The van der Waals surface area contributed by atoms with E-state index in [0.717, 1.165) is 32.2 Å². The summed E-state index contributed by atoms with van der Waals surface area (Å²) in [6.07, 6.45) is -4.35. The average Bonchev–Trinajstić information content (AvgIpc) is 2.86. The van der Waals surface area contributed by atoms with Gasteiger partial charge in [0.15, 0.2) is 0 Å². The minimum atomic E-state index is -4.35. The highest BCUT2D eigenvalue weighted by molar-refractivity contribution is 5.46. The Bertz CT molecular complexity index is 515. The van der Waals surface area contributed by atoms with E-state index >= 15 is 0 Å². The molecule has 1 aromatic rings. The molecule has 2 fully saturated rings. The van der Waals surface area contributed by atoms with E-state index in [1.54, 1.807) is 6.07 Å². The van der Waals surface area contributed by atoms with Crippen molar-refractivity contribution in [2.45, 2.75) is 12.7 Å². The fourth-order valence-corrected chi connectivity index (χ4v) is 3.69. The van der Waals surface area contributed by atoms with E-state index < -0.39 is 11.7 Å². The summed E-state index contributed by atoms with van der Waals surface area (Å²) in [6, 6.07) is 4.10. The van der Waals surface area contributed by atoms with Gasteiger partial charge in [0, 0.05) is 38.4 Å². The van der Waals surface area contributed by atoms with E-state index in [9.17, 15) is 13.2 Å². The van der Waals surface area contributed by atoms with Gasteiger partial charge in [0.25, 0.3) is 0 Å². The van der Waals surface area contributed by atoms with E-state index in [4.69, 9.17) is 5.73 Å². The molecule has 0 radical (unpaired) electrons. The number of nitrogens with zero attached hydrogens (tertiary/aromatic N) is 2. The number of hydrogen-bond acceptors (Lipinski definition) is 3. The van der Waals surface area contributed by atoms with E-state index in [-0.39, 0.29) is 5.69 Å². The van der Waals surface area contributed by atoms with Gasteiger partial charge in [0.2, 0.25) is 0 Å². The van der Waals surface area contributed by atoms with Crippen LogP contribution >= 0.6 is 0 Å². The molecule has 0 aromatic heterocycles. The molecule has 0 aliphatic carbocycles. The lowest BCUT2D eigenvalue weighted by Crippen LogP contribution is -2.27. The standard InChI is InChI=1S/C15H20F3N3/c1-20-5-11-8-21(9-12(11)6-20)7-10-2-3-13(19)4-14(10)15(16,17)18/h2-4,11-12H,5-9,19H2,1H3. The Morgan fingerprint density at radius 3 is 2.33 bits per heavy atom. The molecule has 2 aliphatic rings. The molecule has 21 heavy (non-hydrogen) atoms. The summed E-state index contributed by atoms with van der Waals surface area (Å²) in [7, 11) is 2.10. The van der Waals surface area contributed by atoms with Crippen LogP contribution in [0, 0.1) is 11.8 Å². The Morgan fingerprint density at radius 2 is 1.76 bits per heavy atom. The Kier molecular flexibility index (Phi) is 3.61. The van der Waals surface area contributed by atoms with Gasteiger partial charge in [0.1, 0.15) is 0 Å². The molecular formula is C15H20F3N3. The molecule has 2 N–H and O–H groups in total. The summed E-state index contributed by atoms with van der Waals surface area (Å²) in [5.41, 5.74) is 5.39. The molecule has 2 atom stereocenters. The van der Waals surface area contributed by atoms with Crippen LogP contribution in [0.3, 0.4) is 0 Å². The second kappa shape index (κ2) is 5.18. The molecule has 0 bridgehead atoms. The predicted molar refractivity (Wildman–Crippen MR) is 75.6 cm³/mol. The zero-order valence-corrected chi connectivity index (χ0v) is 12.0. The van der Waals surface area contributed by atoms with Crippen LogP contribution in [-0.4, -0.2) is 43.0 Å². The van der Waals surface area contributed by atoms with Gasteiger partial charge in [-0.2, -0.15) is 13.2 Å². The third-order valence-electron chi connectivity index (χ3n) is 4.58. The molecule has 6 heteroatoms. The molecule has 0 saturated carbocycles. The Morgan fingerprint density at radius 1 is 1.14 bits per heavy atom. The van der Waals surface area contributed by atoms with Crippen LogP contribution in [0.2, 0.25) is 0 Å². The number of anilines is 1. The lowest BCUT2D eigenvalue weighted by Gasteiger charge is -2.21. The van der Waals surface area contributed by atoms with Crippen LogP contribution in [0.1, 0.15) is 11.1 Å². The monoisotopic (exact) mass is 299 g/mol. The Balaban J connectivity index is 1.74. The summed E-state index contributed by atoms with van der Waals surface area (Å²) >= 11 is 0. The van der Waals surface area contributed by atoms with E-state index in [1.165, 1.54) is 6.07 Å². The summed E-state index contributed by atoms with van der Waals surface area (Å²) in [5, 5.41) is 0. The van der Waals surface area contributed by atoms with Crippen molar-refractivity contribution in [2.24, 2.45) is 11.8 Å². The van der Waals surface area contributed by atoms with Gasteiger partial charge in [-0.1, -0.05) is 6.07 Å². The minimum absolute atomic E-state index is 0.158. The zero-order valence-electron chi connectivity index (χ0n) is 12.0. The van der Waals surface area contributed by atoms with Gasteiger partial charge in [-0.05, 0) is 36.6 Å². The maximum absolute atomic E-state index is 13.1. The minimum Gasteiger partial charge on any atom is -0.399 e. The topological polar surface area (TPSA) is 32.5 Å². The third kappa shape index (κ3) is 3.01. The van der Waals surface area contributed by atoms with E-state index in [0.29, 0.717) is 23.9 Å². The highest BCUT2D eigenvalue weighted by atomic mass is 19.4. The number of nitrogens with two attached hydrogens (primary N) is 1. The first-order valence-corrected chi connectivity index (χ1v) is 7.19. The summed E-state index contributed by atoms with van der Waals surface area (Å²) in [5.74, 6) is 1.19. The smallest absolute Gasteiger partial charge is 0.399 e. The molecule has 116 valence electrons. The third-order valence-corrected chi connectivity index (χ3v) is 4.58. The number of halogens is 3. The molecule has 3 nitrogen and oxygen atoms in total. The number of likely N-dealkylation sites (tertiary alicyclic amines) is 2. The molecule has 3 rings (SSSR count). The van der Waals surface area contributed by atoms with Crippen molar-refractivity contribution in [3.8, 4) is 0 Å². The highest BCUT2D eigenvalue weighted by Crippen LogP contribution is 2.36. The molecule has 2 aliphatic heterocycles. The lowest BCUT2D eigenvalue weighted by molar-refractivity contribution is -0.138. The molecule has 2 unspecified atom stereocenters. The van der Waals surface area contributed by atoms with Crippen LogP contribution in [0.15, 0.2) is 18.2 Å². The van der Waals surface area contributed by atoms with Gasteiger partial charge in [-0.25, -0.2) is 0 Å². The van der Waals surface area contributed by atoms with Crippen LogP contribution in [0.4, 0.5) is 18.9 Å². The largest absolute Gasteiger partial charge is 0.416 e. The quantitative estimate of drug-likeness (QED) is 0.850. The maximum Gasteiger partial charge on any atom is 0.416 e. The van der Waals surface area contributed by atoms with Crippen molar-refractivity contribution < 1.29 is 13.2 Å². The van der Waals surface area contributed by atoms with Crippen molar-refractivity contribution in [3.63, 3.8) is 0 Å². The predicted octanol–water partition coefficient (Wildman–Crippen LogP) is 2.28. The Labute approximate surface area is 122 Å². The Hall–Kier alpha value is -1.27. The first-order chi connectivity index (χ1) is 9.83. The maximum atomic E-state index is 13.1. The van der Waals surface area contributed by atoms with Crippen molar-refractivity contribution >= 4 is 5.69 Å². The normalized spacial score (nSPS) is 27.2. The van der Waals surface area contributed by atoms with Crippen molar-refractivity contribution in [2.75, 3.05) is 39.0 Å². The highest BCUT2D eigenvalue weighted by Gasteiger charge is 2.39. The molecule has 1 aromatic carbocycles. The van der Waals surface area contributed by atoms with Crippen LogP contribution in [0.25, 0.3) is 0 Å². The summed E-state index contributed by atoms with van der Waals surface area (Å²) < 4.78 is 39.3. The van der Waals surface area contributed by atoms with Crippen LogP contribution in [-0.2, 0) is 12.7 Å². The molecule has 0 spiro atoms. The second-order valence-corrected chi connectivity index (χ2v) is 6.35. The summed E-state index contributed by atoms with van der Waals surface area (Å²) in [4.78, 5) is 4.44. The van der Waals surface area contributed by atoms with Crippen molar-refractivity contribution in [1.29, 1.82) is 0 Å². The van der Waals surface area contributed by atoms with Gasteiger partial charge < -0.3 is 10.6 Å². The number of nitrogen functional groups attached to an aromatic ring is 1. The first kappa shape index (κ1) is 14.7. The number of hydrogen-bond donors (Lipinski definition) is 1. The van der Waals surface area contributed by atoms with Gasteiger partial charge in [-0.15, -0.1) is 0 Å². The summed E-state index contributed by atoms with van der Waals surface area (Å²) in [6.45, 7) is 4.23. The number of rotatable bonds is 2. The second-order valence-electron chi connectivity index (χ2n) is 6.35. The van der Waals surface area contributed by atoms with E-state index in [1.807, 2.05) is 0 Å². The number of benzene rings is 1. The fraction of sp³-hybridized carbons (Fsp3) is 0.600. The number of alkyl halides is 3. The van der Waals surface area contributed by atoms with Crippen molar-refractivity contribution in [3.05, 3.63) is 29.3 Å². The SMILES string of the molecule is CN1CC2CN(Cc3ccc(N)cc3C(F)(F)F)CC2C1. The average molecular weight is 299 g/mol. The first-order valence-electron chi connectivity index (χ1n) is 7.19. The molecule has 2 heterocycles. The molecular weight excluding hydrogens is 279 g/mol. The lowest BCUT2D eigenvalue weighted by atomic mass is 10.0. The van der Waals surface area contributed by atoms with Gasteiger partial charge in [0.05, 0.1) is 5.56 Å².